The van der Waals surface area contributed by atoms with Crippen molar-refractivity contribution in [3.8, 4) is 22.5 Å². The molecule has 0 amide bonds. The summed E-state index contributed by atoms with van der Waals surface area (Å²) in [4.78, 5) is 11.1. The summed E-state index contributed by atoms with van der Waals surface area (Å²) in [6.07, 6.45) is 3.57. The normalized spacial score (nSPS) is 10.7. The molecule has 0 bridgehead atoms. The molecule has 0 saturated carbocycles. The number of aromatic amines is 1. The van der Waals surface area contributed by atoms with Gasteiger partial charge in [-0.1, -0.05) is 29.8 Å². The summed E-state index contributed by atoms with van der Waals surface area (Å²) < 4.78 is 0. The van der Waals surface area contributed by atoms with E-state index in [4.69, 9.17) is 11.6 Å². The molecule has 7 heteroatoms. The second-order valence-corrected chi connectivity index (χ2v) is 6.93. The second-order valence-electron chi connectivity index (χ2n) is 6.49. The van der Waals surface area contributed by atoms with Crippen molar-refractivity contribution in [2.24, 2.45) is 0 Å². The summed E-state index contributed by atoms with van der Waals surface area (Å²) in [6, 6.07) is 17.5. The molecule has 2 heterocycles. The molecule has 0 fully saturated rings. The van der Waals surface area contributed by atoms with Gasteiger partial charge in [0.2, 0.25) is 5.95 Å². The quantitative estimate of drug-likeness (QED) is 0.502. The number of H-pyrrole nitrogens is 1. The average molecular weight is 391 g/mol. The third-order valence-corrected chi connectivity index (χ3v) is 4.56. The number of hydrogen-bond acceptors (Lipinski definition) is 5. The molecule has 0 aliphatic rings. The molecule has 2 aromatic carbocycles. The van der Waals surface area contributed by atoms with Crippen LogP contribution in [-0.4, -0.2) is 34.3 Å². The highest BCUT2D eigenvalue weighted by Gasteiger charge is 2.13. The van der Waals surface area contributed by atoms with Crippen molar-refractivity contribution < 1.29 is 0 Å². The Morgan fingerprint density at radius 2 is 1.86 bits per heavy atom. The van der Waals surface area contributed by atoms with E-state index in [1.165, 1.54) is 0 Å². The van der Waals surface area contributed by atoms with Crippen LogP contribution in [0.4, 0.5) is 17.3 Å². The molecule has 4 rings (SSSR count). The molecule has 6 nitrogen and oxygen atoms in total. The highest BCUT2D eigenvalue weighted by Crippen LogP contribution is 2.30. The van der Waals surface area contributed by atoms with Gasteiger partial charge in [0.25, 0.3) is 0 Å². The molecular formula is C21H19ClN6. The first kappa shape index (κ1) is 18.0. The zero-order valence-corrected chi connectivity index (χ0v) is 16.3. The SMILES string of the molecule is CN(C)c1cccc(Nc2nccc(-c3c[nH]nc3-c3ccc(Cl)cc3)n2)c1. The van der Waals surface area contributed by atoms with Crippen molar-refractivity contribution in [3.63, 3.8) is 0 Å². The van der Waals surface area contributed by atoms with Crippen molar-refractivity contribution in [2.45, 2.75) is 0 Å². The van der Waals surface area contributed by atoms with Gasteiger partial charge < -0.3 is 10.2 Å². The first-order chi connectivity index (χ1) is 13.6. The lowest BCUT2D eigenvalue weighted by Crippen LogP contribution is -2.08. The maximum Gasteiger partial charge on any atom is 0.227 e. The summed E-state index contributed by atoms with van der Waals surface area (Å²) in [5.41, 5.74) is 5.48. The molecule has 2 aromatic heterocycles. The van der Waals surface area contributed by atoms with E-state index in [9.17, 15) is 0 Å². The minimum absolute atomic E-state index is 0.525. The lowest BCUT2D eigenvalue weighted by molar-refractivity contribution is 1.10. The van der Waals surface area contributed by atoms with Crippen LogP contribution in [0, 0.1) is 0 Å². The topological polar surface area (TPSA) is 69.7 Å². The Bertz CT molecular complexity index is 1090. The Labute approximate surface area is 168 Å². The predicted octanol–water partition coefficient (Wildman–Crippen LogP) is 5.00. The fourth-order valence-electron chi connectivity index (χ4n) is 2.87. The fraction of sp³-hybridized carbons (Fsp3) is 0.0952. The highest BCUT2D eigenvalue weighted by atomic mass is 35.5. The van der Waals surface area contributed by atoms with Gasteiger partial charge in [0.05, 0.1) is 5.69 Å². The van der Waals surface area contributed by atoms with Crippen LogP contribution >= 0.6 is 11.6 Å². The lowest BCUT2D eigenvalue weighted by atomic mass is 10.1. The Hall–Kier alpha value is -3.38. The van der Waals surface area contributed by atoms with Gasteiger partial charge in [0, 0.05) is 54.0 Å². The molecule has 4 aromatic rings. The average Bonchev–Trinajstić information content (AvgIpc) is 3.19. The number of nitrogens with one attached hydrogen (secondary N) is 2. The van der Waals surface area contributed by atoms with E-state index < -0.39 is 0 Å². The molecule has 0 aliphatic carbocycles. The highest BCUT2D eigenvalue weighted by molar-refractivity contribution is 6.30. The van der Waals surface area contributed by atoms with Crippen LogP contribution in [0.15, 0.2) is 67.0 Å². The number of benzene rings is 2. The van der Waals surface area contributed by atoms with Crippen molar-refractivity contribution in [1.82, 2.24) is 20.2 Å². The maximum absolute atomic E-state index is 6.00. The van der Waals surface area contributed by atoms with Gasteiger partial charge >= 0.3 is 0 Å². The van der Waals surface area contributed by atoms with Crippen LogP contribution in [0.2, 0.25) is 5.02 Å². The zero-order chi connectivity index (χ0) is 19.5. The molecule has 0 unspecified atom stereocenters. The number of hydrogen-bond donors (Lipinski definition) is 2. The van der Waals surface area contributed by atoms with E-state index in [1.54, 1.807) is 6.20 Å². The predicted molar refractivity (Wildman–Crippen MR) is 114 cm³/mol. The summed E-state index contributed by atoms with van der Waals surface area (Å²) >= 11 is 6.00. The van der Waals surface area contributed by atoms with E-state index in [0.29, 0.717) is 11.0 Å². The molecule has 2 N–H and O–H groups in total. The van der Waals surface area contributed by atoms with Gasteiger partial charge in [0.1, 0.15) is 5.69 Å². The smallest absolute Gasteiger partial charge is 0.227 e. The van der Waals surface area contributed by atoms with Crippen molar-refractivity contribution in [3.05, 3.63) is 72.0 Å². The molecular weight excluding hydrogens is 372 g/mol. The number of rotatable bonds is 5. The van der Waals surface area contributed by atoms with Crippen molar-refractivity contribution in [1.29, 1.82) is 0 Å². The van der Waals surface area contributed by atoms with E-state index in [-0.39, 0.29) is 0 Å². The minimum Gasteiger partial charge on any atom is -0.378 e. The van der Waals surface area contributed by atoms with Crippen molar-refractivity contribution >= 4 is 28.9 Å². The Morgan fingerprint density at radius 1 is 1.04 bits per heavy atom. The monoisotopic (exact) mass is 390 g/mol. The molecule has 0 saturated heterocycles. The van der Waals surface area contributed by atoms with Crippen LogP contribution in [0.3, 0.4) is 0 Å². The van der Waals surface area contributed by atoms with Crippen molar-refractivity contribution in [2.75, 3.05) is 24.3 Å². The van der Waals surface area contributed by atoms with Gasteiger partial charge in [-0.3, -0.25) is 5.10 Å². The van der Waals surface area contributed by atoms with Gasteiger partial charge in [-0.25, -0.2) is 9.97 Å². The summed E-state index contributed by atoms with van der Waals surface area (Å²) in [5, 5.41) is 11.3. The third kappa shape index (κ3) is 3.82. The van der Waals surface area contributed by atoms with Gasteiger partial charge in [0.15, 0.2) is 0 Å². The lowest BCUT2D eigenvalue weighted by Gasteiger charge is -2.14. The van der Waals surface area contributed by atoms with Crippen LogP contribution in [-0.2, 0) is 0 Å². The summed E-state index contributed by atoms with van der Waals surface area (Å²) in [6.45, 7) is 0. The Balaban J connectivity index is 1.64. The van der Waals surface area contributed by atoms with Crippen LogP contribution < -0.4 is 10.2 Å². The number of nitrogens with zero attached hydrogens (tertiary/aromatic N) is 4. The molecule has 0 atom stereocenters. The standard InChI is InChI=1S/C21H19ClN6/c1-28(2)17-5-3-4-16(12-17)25-21-23-11-10-19(26-21)18-13-24-27-20(18)14-6-8-15(22)9-7-14/h3-13H,1-2H3,(H,24,27)(H,23,25,26). The third-order valence-electron chi connectivity index (χ3n) is 4.31. The fourth-order valence-corrected chi connectivity index (χ4v) is 3.00. The minimum atomic E-state index is 0.525. The van der Waals surface area contributed by atoms with Crippen LogP contribution in [0.5, 0.6) is 0 Å². The molecule has 28 heavy (non-hydrogen) atoms. The van der Waals surface area contributed by atoms with Gasteiger partial charge in [-0.15, -0.1) is 0 Å². The van der Waals surface area contributed by atoms with E-state index in [2.05, 4.69) is 25.5 Å². The molecule has 0 aliphatic heterocycles. The first-order valence-electron chi connectivity index (χ1n) is 8.78. The van der Waals surface area contributed by atoms with Gasteiger partial charge in [-0.2, -0.15) is 5.10 Å². The van der Waals surface area contributed by atoms with E-state index in [0.717, 1.165) is 33.9 Å². The first-order valence-corrected chi connectivity index (χ1v) is 9.15. The maximum atomic E-state index is 6.00. The zero-order valence-electron chi connectivity index (χ0n) is 15.5. The summed E-state index contributed by atoms with van der Waals surface area (Å²) in [7, 11) is 4.01. The second kappa shape index (κ2) is 7.70. The van der Waals surface area contributed by atoms with Crippen LogP contribution in [0.25, 0.3) is 22.5 Å². The van der Waals surface area contributed by atoms with Gasteiger partial charge in [-0.05, 0) is 36.4 Å². The number of anilines is 3. The van der Waals surface area contributed by atoms with E-state index >= 15 is 0 Å². The molecule has 0 radical (unpaired) electrons. The van der Waals surface area contributed by atoms with E-state index in [1.807, 2.05) is 79.8 Å². The largest absolute Gasteiger partial charge is 0.378 e. The molecule has 140 valence electrons. The number of aromatic nitrogens is 4. The Kier molecular flexibility index (Phi) is 4.95. The summed E-state index contributed by atoms with van der Waals surface area (Å²) in [5.74, 6) is 0.525. The van der Waals surface area contributed by atoms with Crippen LogP contribution in [0.1, 0.15) is 0 Å². The molecule has 0 spiro atoms. The number of halogens is 1. The Morgan fingerprint density at radius 3 is 2.64 bits per heavy atom.